The lowest BCUT2D eigenvalue weighted by molar-refractivity contribution is -0.133. The van der Waals surface area contributed by atoms with E-state index >= 15 is 0 Å². The van der Waals surface area contributed by atoms with Gasteiger partial charge < -0.3 is 0 Å². The highest BCUT2D eigenvalue weighted by Gasteiger charge is 2.29. The molecule has 0 unspecified atom stereocenters. The number of sulfone groups is 1. The molecular formula is C26H18Cl3F3N2O3S. The van der Waals surface area contributed by atoms with Crippen LogP contribution < -0.4 is 0 Å². The van der Waals surface area contributed by atoms with Crippen LogP contribution in [0.1, 0.15) is 23.3 Å². The zero-order chi connectivity index (χ0) is 27.8. The number of alkyl halides is 3. The molecule has 0 N–H and O–H groups in total. The summed E-state index contributed by atoms with van der Waals surface area (Å²) in [6, 6.07) is 16.0. The second-order valence-corrected chi connectivity index (χ2v) is 11.7. The molecular weight excluding hydrogens is 584 g/mol. The first-order chi connectivity index (χ1) is 17.7. The minimum Gasteiger partial charge on any atom is -0.297 e. The van der Waals surface area contributed by atoms with Crippen LogP contribution in [0.2, 0.25) is 15.1 Å². The van der Waals surface area contributed by atoms with Crippen molar-refractivity contribution in [1.29, 1.82) is 0 Å². The normalized spacial score (nSPS) is 12.1. The van der Waals surface area contributed by atoms with Gasteiger partial charge in [0.25, 0.3) is 0 Å². The molecule has 0 aliphatic heterocycles. The number of carbonyl (C=O) groups is 1. The standard InChI is InChI=1S/C26H18Cl3F3N2O3S/c1-38(36,37)17-5-2-4-15(12-17)16-8-9-22(20(29)13-16)34-14-21(23(35)10-11-26(30,31)32)33-25(34)24-18(27)6-3-7-19(24)28/h2-9,12-14H,10-11H2,1H3. The lowest BCUT2D eigenvalue weighted by Gasteiger charge is -2.13. The highest BCUT2D eigenvalue weighted by Crippen LogP contribution is 2.38. The molecule has 0 saturated carbocycles. The quantitative estimate of drug-likeness (QED) is 0.201. The topological polar surface area (TPSA) is 69.0 Å². The fourth-order valence-electron chi connectivity index (χ4n) is 3.76. The van der Waals surface area contributed by atoms with E-state index in [-0.39, 0.29) is 37.0 Å². The third-order valence-corrected chi connectivity index (χ3v) is 7.66. The zero-order valence-electron chi connectivity index (χ0n) is 19.6. The van der Waals surface area contributed by atoms with Crippen molar-refractivity contribution in [3.8, 4) is 28.2 Å². The van der Waals surface area contributed by atoms with Crippen LogP contribution >= 0.6 is 34.8 Å². The summed E-state index contributed by atoms with van der Waals surface area (Å²) in [7, 11) is -3.43. The molecule has 0 aliphatic rings. The van der Waals surface area contributed by atoms with Crippen LogP contribution in [-0.4, -0.2) is 36.2 Å². The molecule has 4 aromatic rings. The number of rotatable bonds is 7. The maximum absolute atomic E-state index is 12.7. The molecule has 1 heterocycles. The molecule has 0 spiro atoms. The number of aromatic nitrogens is 2. The molecule has 0 atom stereocenters. The van der Waals surface area contributed by atoms with Gasteiger partial charge in [0.1, 0.15) is 11.5 Å². The van der Waals surface area contributed by atoms with Crippen molar-refractivity contribution in [1.82, 2.24) is 9.55 Å². The van der Waals surface area contributed by atoms with Crippen molar-refractivity contribution in [3.05, 3.63) is 87.6 Å². The predicted molar refractivity (Wildman–Crippen MR) is 142 cm³/mol. The Kier molecular flexibility index (Phi) is 7.95. The fourth-order valence-corrected chi connectivity index (χ4v) is 5.26. The second-order valence-electron chi connectivity index (χ2n) is 8.42. The molecule has 0 bridgehead atoms. The number of benzene rings is 3. The van der Waals surface area contributed by atoms with Gasteiger partial charge in [0.2, 0.25) is 0 Å². The van der Waals surface area contributed by atoms with E-state index in [9.17, 15) is 26.4 Å². The van der Waals surface area contributed by atoms with Crippen LogP contribution in [0.15, 0.2) is 71.8 Å². The summed E-state index contributed by atoms with van der Waals surface area (Å²) in [6.45, 7) is 0. The van der Waals surface area contributed by atoms with E-state index in [0.29, 0.717) is 16.8 Å². The molecule has 1 aromatic heterocycles. The molecule has 0 aliphatic carbocycles. The summed E-state index contributed by atoms with van der Waals surface area (Å²) in [5.41, 5.74) is 1.63. The maximum atomic E-state index is 12.7. The van der Waals surface area contributed by atoms with Crippen LogP contribution in [-0.2, 0) is 9.84 Å². The van der Waals surface area contributed by atoms with E-state index < -0.39 is 34.6 Å². The van der Waals surface area contributed by atoms with Gasteiger partial charge in [-0.3, -0.25) is 9.36 Å². The first kappa shape index (κ1) is 28.2. The van der Waals surface area contributed by atoms with Crippen molar-refractivity contribution < 1.29 is 26.4 Å². The highest BCUT2D eigenvalue weighted by molar-refractivity contribution is 7.90. The summed E-state index contributed by atoms with van der Waals surface area (Å²) >= 11 is 19.4. The Morgan fingerprint density at radius 3 is 2.16 bits per heavy atom. The molecule has 198 valence electrons. The van der Waals surface area contributed by atoms with Gasteiger partial charge in [-0.25, -0.2) is 13.4 Å². The van der Waals surface area contributed by atoms with E-state index in [1.54, 1.807) is 48.5 Å². The molecule has 0 fully saturated rings. The van der Waals surface area contributed by atoms with Crippen LogP contribution in [0, 0.1) is 0 Å². The number of nitrogens with zero attached hydrogens (tertiary/aromatic N) is 2. The van der Waals surface area contributed by atoms with Crippen molar-refractivity contribution in [2.75, 3.05) is 6.26 Å². The Bertz CT molecular complexity index is 1630. The molecule has 4 rings (SSSR count). The number of hydrogen-bond acceptors (Lipinski definition) is 4. The van der Waals surface area contributed by atoms with Crippen molar-refractivity contribution in [3.63, 3.8) is 0 Å². The van der Waals surface area contributed by atoms with Crippen LogP contribution in [0.25, 0.3) is 28.2 Å². The summed E-state index contributed by atoms with van der Waals surface area (Å²) < 4.78 is 63.5. The summed E-state index contributed by atoms with van der Waals surface area (Å²) in [5, 5.41) is 0.622. The zero-order valence-corrected chi connectivity index (χ0v) is 22.6. The Hall–Kier alpha value is -2.85. The number of carbonyl (C=O) groups excluding carboxylic acids is 1. The van der Waals surface area contributed by atoms with Gasteiger partial charge in [-0.15, -0.1) is 0 Å². The molecule has 38 heavy (non-hydrogen) atoms. The molecule has 12 heteroatoms. The lowest BCUT2D eigenvalue weighted by Crippen LogP contribution is -2.11. The molecule has 0 radical (unpaired) electrons. The largest absolute Gasteiger partial charge is 0.389 e. The van der Waals surface area contributed by atoms with E-state index in [1.807, 2.05) is 0 Å². The first-order valence-corrected chi connectivity index (χ1v) is 14.0. The average molecular weight is 602 g/mol. The van der Waals surface area contributed by atoms with Gasteiger partial charge in [-0.1, -0.05) is 59.1 Å². The predicted octanol–water partition coefficient (Wildman–Crippen LogP) is 8.10. The van der Waals surface area contributed by atoms with Crippen LogP contribution in [0.4, 0.5) is 13.2 Å². The van der Waals surface area contributed by atoms with Gasteiger partial charge in [0.15, 0.2) is 15.6 Å². The fraction of sp³-hybridized carbons (Fsp3) is 0.154. The molecule has 0 amide bonds. The van der Waals surface area contributed by atoms with Gasteiger partial charge in [0.05, 0.1) is 37.6 Å². The van der Waals surface area contributed by atoms with Crippen LogP contribution in [0.3, 0.4) is 0 Å². The van der Waals surface area contributed by atoms with Gasteiger partial charge in [0, 0.05) is 18.9 Å². The summed E-state index contributed by atoms with van der Waals surface area (Å²) in [4.78, 5) is 17.0. The third-order valence-electron chi connectivity index (χ3n) is 5.62. The Labute approximate surface area is 231 Å². The molecule has 3 aromatic carbocycles. The number of hydrogen-bond donors (Lipinski definition) is 0. The lowest BCUT2D eigenvalue weighted by atomic mass is 10.1. The SMILES string of the molecule is CS(=O)(=O)c1cccc(-c2ccc(-n3cc(C(=O)CCC(F)(F)F)nc3-c3c(Cl)cccc3Cl)c(Cl)c2)c1. The Morgan fingerprint density at radius 2 is 1.55 bits per heavy atom. The van der Waals surface area contributed by atoms with Gasteiger partial charge >= 0.3 is 6.18 Å². The summed E-state index contributed by atoms with van der Waals surface area (Å²) in [6.07, 6.45) is -4.17. The van der Waals surface area contributed by atoms with Gasteiger partial charge in [-0.2, -0.15) is 13.2 Å². The number of ketones is 1. The highest BCUT2D eigenvalue weighted by atomic mass is 35.5. The number of imidazole rings is 1. The first-order valence-electron chi connectivity index (χ1n) is 11.0. The molecule has 5 nitrogen and oxygen atoms in total. The van der Waals surface area contributed by atoms with E-state index in [4.69, 9.17) is 34.8 Å². The second kappa shape index (κ2) is 10.7. The third kappa shape index (κ3) is 6.23. The minimum atomic E-state index is -4.50. The summed E-state index contributed by atoms with van der Waals surface area (Å²) in [5.74, 6) is -0.694. The average Bonchev–Trinajstić information content (AvgIpc) is 3.26. The maximum Gasteiger partial charge on any atom is 0.389 e. The number of halogens is 6. The van der Waals surface area contributed by atoms with Crippen molar-refractivity contribution in [2.45, 2.75) is 23.9 Å². The van der Waals surface area contributed by atoms with Crippen molar-refractivity contribution >= 4 is 50.4 Å². The smallest absolute Gasteiger partial charge is 0.297 e. The monoisotopic (exact) mass is 600 g/mol. The minimum absolute atomic E-state index is 0.115. The van der Waals surface area contributed by atoms with Gasteiger partial charge in [-0.05, 0) is 47.5 Å². The van der Waals surface area contributed by atoms with Crippen LogP contribution in [0.5, 0.6) is 0 Å². The molecule has 0 saturated heterocycles. The van der Waals surface area contributed by atoms with E-state index in [1.165, 1.54) is 22.9 Å². The Morgan fingerprint density at radius 1 is 0.921 bits per heavy atom. The Balaban J connectivity index is 1.83. The van der Waals surface area contributed by atoms with E-state index in [0.717, 1.165) is 6.26 Å². The van der Waals surface area contributed by atoms with Crippen molar-refractivity contribution in [2.24, 2.45) is 0 Å². The van der Waals surface area contributed by atoms with E-state index in [2.05, 4.69) is 4.98 Å². The number of Topliss-reactive ketones (excluding diaryl/α,β-unsaturated/α-hetero) is 1.